The zero-order valence-corrected chi connectivity index (χ0v) is 20.6. The van der Waals surface area contributed by atoms with Crippen LogP contribution in [-0.4, -0.2) is 85.3 Å². The van der Waals surface area contributed by atoms with E-state index in [1.165, 1.54) is 6.20 Å². The van der Waals surface area contributed by atoms with Crippen molar-refractivity contribution in [3.63, 3.8) is 0 Å². The van der Waals surface area contributed by atoms with Crippen LogP contribution in [0.3, 0.4) is 0 Å². The number of fused-ring (bicyclic) bond motifs is 2. The number of amides is 1. The van der Waals surface area contributed by atoms with E-state index in [0.717, 1.165) is 37.4 Å². The number of nitrogens with one attached hydrogen (secondary N) is 2. The Balaban J connectivity index is 1.42. The minimum Gasteiger partial charge on any atom is -0.474 e. The number of aromatic nitrogens is 2. The van der Waals surface area contributed by atoms with Gasteiger partial charge in [0.2, 0.25) is 11.8 Å². The van der Waals surface area contributed by atoms with Gasteiger partial charge in [-0.1, -0.05) is 0 Å². The molecule has 5 rings (SSSR count). The number of pyridine rings is 2. The smallest absolute Gasteiger partial charge is 0.414 e. The molecule has 10 nitrogen and oxygen atoms in total. The van der Waals surface area contributed by atoms with E-state index < -0.39 is 11.9 Å². The number of carbonyl (C=O) groups excluding carboxylic acids is 1. The summed E-state index contributed by atoms with van der Waals surface area (Å²) in [5, 5.41) is 7.20. The summed E-state index contributed by atoms with van der Waals surface area (Å²) in [4.78, 5) is 25.5. The lowest BCUT2D eigenvalue weighted by Gasteiger charge is -2.22. The lowest BCUT2D eigenvalue weighted by molar-refractivity contribution is 0.189. The van der Waals surface area contributed by atoms with Gasteiger partial charge in [0.15, 0.2) is 5.82 Å². The molecule has 36 heavy (non-hydrogen) atoms. The first-order valence-corrected chi connectivity index (χ1v) is 11.9. The first-order chi connectivity index (χ1) is 17.3. The SMILES string of the molecule is Cc1c(-c2cc3cc(OC(=O)NC4CN(C)CCN(C)C4)ncc3c(N)c2F)cnc2c1NCCO2. The first-order valence-electron chi connectivity index (χ1n) is 11.9. The number of benzene rings is 1. The van der Waals surface area contributed by atoms with Gasteiger partial charge in [0, 0.05) is 67.7 Å². The number of nitrogens with two attached hydrogens (primary N) is 1. The molecule has 11 heteroatoms. The third-order valence-corrected chi connectivity index (χ3v) is 6.66. The number of nitrogen functional groups attached to an aromatic ring is 1. The first kappa shape index (κ1) is 24.0. The molecular formula is C25H30FN7O3. The number of rotatable bonds is 3. The van der Waals surface area contributed by atoms with Crippen LogP contribution >= 0.6 is 0 Å². The Bertz CT molecular complexity index is 1310. The summed E-state index contributed by atoms with van der Waals surface area (Å²) in [6.45, 7) is 6.34. The van der Waals surface area contributed by atoms with Crippen LogP contribution in [-0.2, 0) is 0 Å². The van der Waals surface area contributed by atoms with Crippen molar-refractivity contribution in [2.24, 2.45) is 0 Å². The monoisotopic (exact) mass is 495 g/mol. The number of carbonyl (C=O) groups is 1. The van der Waals surface area contributed by atoms with Crippen LogP contribution in [0.2, 0.25) is 0 Å². The van der Waals surface area contributed by atoms with E-state index in [-0.39, 0.29) is 17.6 Å². The van der Waals surface area contributed by atoms with Gasteiger partial charge in [-0.25, -0.2) is 19.2 Å². The quantitative estimate of drug-likeness (QED) is 0.471. The number of hydrogen-bond donors (Lipinski definition) is 3. The van der Waals surface area contributed by atoms with E-state index in [0.29, 0.717) is 40.9 Å². The van der Waals surface area contributed by atoms with E-state index in [2.05, 4.69) is 30.4 Å². The van der Waals surface area contributed by atoms with E-state index in [1.807, 2.05) is 21.0 Å². The van der Waals surface area contributed by atoms with Crippen LogP contribution in [0.25, 0.3) is 21.9 Å². The van der Waals surface area contributed by atoms with Crippen LogP contribution in [0.4, 0.5) is 20.6 Å². The molecule has 1 fully saturated rings. The number of ether oxygens (including phenoxy) is 2. The van der Waals surface area contributed by atoms with Crippen molar-refractivity contribution < 1.29 is 18.7 Å². The molecule has 4 heterocycles. The predicted octanol–water partition coefficient (Wildman–Crippen LogP) is 2.47. The van der Waals surface area contributed by atoms with Gasteiger partial charge in [0.25, 0.3) is 0 Å². The molecule has 3 aromatic rings. The molecule has 2 aliphatic rings. The van der Waals surface area contributed by atoms with Gasteiger partial charge in [-0.2, -0.15) is 0 Å². The highest BCUT2D eigenvalue weighted by molar-refractivity contribution is 5.98. The Hall–Kier alpha value is -3.70. The van der Waals surface area contributed by atoms with Crippen LogP contribution in [0.15, 0.2) is 24.5 Å². The normalized spacial score (nSPS) is 17.1. The predicted molar refractivity (Wildman–Crippen MR) is 136 cm³/mol. The molecule has 0 aliphatic carbocycles. The molecule has 190 valence electrons. The van der Waals surface area contributed by atoms with Crippen molar-refractivity contribution in [1.29, 1.82) is 0 Å². The average molecular weight is 496 g/mol. The van der Waals surface area contributed by atoms with Gasteiger partial charge >= 0.3 is 6.09 Å². The standard InChI is InChI=1S/C25H30FN7O3/c1-14-18(10-30-24-23(14)28-4-7-35-24)17-8-15-9-20(29-11-19(15)22(27)21(17)26)36-25(34)31-16-12-32(2)5-6-33(3)13-16/h8-11,16,28H,4-7,12-13,27H2,1-3H3,(H,31,34). The minimum atomic E-state index is -0.591. The molecule has 0 radical (unpaired) electrons. The minimum absolute atomic E-state index is 0.0307. The fraction of sp³-hybridized carbons (Fsp3) is 0.400. The molecule has 2 aromatic heterocycles. The lowest BCUT2D eigenvalue weighted by Crippen LogP contribution is -2.46. The molecule has 0 bridgehead atoms. The van der Waals surface area contributed by atoms with E-state index in [9.17, 15) is 4.79 Å². The van der Waals surface area contributed by atoms with E-state index in [4.69, 9.17) is 15.2 Å². The van der Waals surface area contributed by atoms with Crippen LogP contribution in [0.5, 0.6) is 11.8 Å². The number of halogens is 1. The van der Waals surface area contributed by atoms with Gasteiger partial charge < -0.3 is 35.6 Å². The number of anilines is 2. The summed E-state index contributed by atoms with van der Waals surface area (Å²) < 4.78 is 26.4. The number of hydrogen-bond acceptors (Lipinski definition) is 9. The second-order valence-electron chi connectivity index (χ2n) is 9.40. The Kier molecular flexibility index (Phi) is 6.50. The molecule has 0 unspecified atom stereocenters. The zero-order chi connectivity index (χ0) is 25.4. The molecule has 4 N–H and O–H groups in total. The third kappa shape index (κ3) is 4.71. The van der Waals surface area contributed by atoms with Gasteiger partial charge in [-0.3, -0.25) is 0 Å². The van der Waals surface area contributed by atoms with Gasteiger partial charge in [-0.05, 0) is 38.0 Å². The number of likely N-dealkylation sites (N-methyl/N-ethyl adjacent to an activating group) is 2. The van der Waals surface area contributed by atoms with Crippen molar-refractivity contribution in [1.82, 2.24) is 25.1 Å². The fourth-order valence-electron chi connectivity index (χ4n) is 4.74. The zero-order valence-electron chi connectivity index (χ0n) is 20.6. The summed E-state index contributed by atoms with van der Waals surface area (Å²) in [5.74, 6) is 0.0372. The Morgan fingerprint density at radius 3 is 2.69 bits per heavy atom. The number of nitrogens with zero attached hydrogens (tertiary/aromatic N) is 4. The van der Waals surface area contributed by atoms with Crippen LogP contribution < -0.4 is 25.8 Å². The van der Waals surface area contributed by atoms with Crippen molar-refractivity contribution in [3.05, 3.63) is 35.9 Å². The maximum Gasteiger partial charge on any atom is 0.414 e. The van der Waals surface area contributed by atoms with Crippen molar-refractivity contribution in [2.75, 3.05) is 64.5 Å². The topological polar surface area (TPSA) is 118 Å². The third-order valence-electron chi connectivity index (χ3n) is 6.66. The molecule has 1 amide bonds. The van der Waals surface area contributed by atoms with Crippen molar-refractivity contribution in [3.8, 4) is 22.9 Å². The fourth-order valence-corrected chi connectivity index (χ4v) is 4.74. The maximum atomic E-state index is 15.4. The highest BCUT2D eigenvalue weighted by Gasteiger charge is 2.23. The molecular weight excluding hydrogens is 465 g/mol. The summed E-state index contributed by atoms with van der Waals surface area (Å²) >= 11 is 0. The Labute approximate surface area is 208 Å². The lowest BCUT2D eigenvalue weighted by atomic mass is 9.97. The summed E-state index contributed by atoms with van der Waals surface area (Å²) in [6.07, 6.45) is 2.41. The molecule has 1 saturated heterocycles. The summed E-state index contributed by atoms with van der Waals surface area (Å²) in [6, 6.07) is 3.18. The molecule has 0 atom stereocenters. The highest BCUT2D eigenvalue weighted by atomic mass is 19.1. The summed E-state index contributed by atoms with van der Waals surface area (Å²) in [7, 11) is 4.04. The van der Waals surface area contributed by atoms with Crippen molar-refractivity contribution in [2.45, 2.75) is 13.0 Å². The molecule has 0 saturated carbocycles. The molecule has 1 aromatic carbocycles. The second kappa shape index (κ2) is 9.75. The van der Waals surface area contributed by atoms with Crippen LogP contribution in [0.1, 0.15) is 5.56 Å². The van der Waals surface area contributed by atoms with Crippen LogP contribution in [0, 0.1) is 12.7 Å². The van der Waals surface area contributed by atoms with Crippen molar-refractivity contribution >= 4 is 28.2 Å². The summed E-state index contributed by atoms with van der Waals surface area (Å²) in [5.41, 5.74) is 8.56. The Morgan fingerprint density at radius 1 is 1.19 bits per heavy atom. The highest BCUT2D eigenvalue weighted by Crippen LogP contribution is 2.39. The van der Waals surface area contributed by atoms with Gasteiger partial charge in [0.1, 0.15) is 12.3 Å². The van der Waals surface area contributed by atoms with E-state index >= 15 is 4.39 Å². The largest absolute Gasteiger partial charge is 0.474 e. The van der Waals surface area contributed by atoms with E-state index in [1.54, 1.807) is 18.3 Å². The van der Waals surface area contributed by atoms with Gasteiger partial charge in [0.05, 0.1) is 11.7 Å². The van der Waals surface area contributed by atoms with Gasteiger partial charge in [-0.15, -0.1) is 0 Å². The maximum absolute atomic E-state index is 15.4. The Morgan fingerprint density at radius 2 is 1.94 bits per heavy atom. The molecule has 2 aliphatic heterocycles. The second-order valence-corrected chi connectivity index (χ2v) is 9.40. The average Bonchev–Trinajstić information content (AvgIpc) is 3.01. The molecule has 0 spiro atoms.